The van der Waals surface area contributed by atoms with Crippen LogP contribution in [0.15, 0.2) is 78.9 Å². The van der Waals surface area contributed by atoms with E-state index in [-0.39, 0.29) is 11.8 Å². The summed E-state index contributed by atoms with van der Waals surface area (Å²) in [5, 5.41) is 5.93. The summed E-state index contributed by atoms with van der Waals surface area (Å²) in [6.07, 6.45) is 2.61. The van der Waals surface area contributed by atoms with Crippen LogP contribution in [0.3, 0.4) is 0 Å². The van der Waals surface area contributed by atoms with E-state index < -0.39 is 6.04 Å². The molecule has 1 fully saturated rings. The molecule has 4 aromatic rings. The summed E-state index contributed by atoms with van der Waals surface area (Å²) in [7, 11) is 0. The number of benzene rings is 3. The molecule has 0 aliphatic carbocycles. The summed E-state index contributed by atoms with van der Waals surface area (Å²) < 4.78 is 8.06. The van der Waals surface area contributed by atoms with E-state index in [0.717, 1.165) is 19.3 Å². The highest BCUT2D eigenvalue weighted by Gasteiger charge is 2.35. The Morgan fingerprint density at radius 1 is 1.00 bits per heavy atom. The highest BCUT2D eigenvalue weighted by atomic mass is 35.5. The van der Waals surface area contributed by atoms with Crippen molar-refractivity contribution in [2.75, 3.05) is 13.1 Å². The van der Waals surface area contributed by atoms with Crippen LogP contribution in [0.25, 0.3) is 5.69 Å². The number of nitrogens with two attached hydrogens (primary N) is 1. The number of rotatable bonds is 8. The highest BCUT2D eigenvalue weighted by molar-refractivity contribution is 6.32. The minimum absolute atomic E-state index is 0.0758. The second-order valence-electron chi connectivity index (χ2n) is 10.4. The molecule has 1 aliphatic rings. The molecule has 1 amide bonds. The fourth-order valence-corrected chi connectivity index (χ4v) is 5.54. The Hall–Kier alpha value is -3.32. The van der Waals surface area contributed by atoms with Gasteiger partial charge in [-0.1, -0.05) is 85.9 Å². The molecule has 2 heterocycles. The molecule has 1 saturated heterocycles. The van der Waals surface area contributed by atoms with Crippen LogP contribution in [-0.4, -0.2) is 33.7 Å². The number of aromatic nitrogens is 2. The lowest BCUT2D eigenvalue weighted by Gasteiger charge is -2.32. The summed E-state index contributed by atoms with van der Waals surface area (Å²) in [4.78, 5) is 16.0. The molecule has 0 radical (unpaired) electrons. The summed E-state index contributed by atoms with van der Waals surface area (Å²) in [6.45, 7) is 5.44. The molecule has 0 bridgehead atoms. The van der Waals surface area contributed by atoms with Crippen molar-refractivity contribution in [3.05, 3.63) is 106 Å². The Kier molecular flexibility index (Phi) is 8.79. The van der Waals surface area contributed by atoms with Gasteiger partial charge in [0.15, 0.2) is 5.69 Å². The zero-order chi connectivity index (χ0) is 28.2. The van der Waals surface area contributed by atoms with Crippen LogP contribution in [0.4, 0.5) is 0 Å². The van der Waals surface area contributed by atoms with Gasteiger partial charge in [-0.05, 0) is 66.6 Å². The van der Waals surface area contributed by atoms with Crippen molar-refractivity contribution in [2.45, 2.75) is 45.1 Å². The van der Waals surface area contributed by atoms with E-state index in [2.05, 4.69) is 38.1 Å². The molecule has 1 aliphatic heterocycles. The van der Waals surface area contributed by atoms with E-state index in [9.17, 15) is 4.79 Å². The van der Waals surface area contributed by atoms with Gasteiger partial charge < -0.3 is 15.4 Å². The number of carbonyl (C=O) groups excluding carboxylic acids is 1. The van der Waals surface area contributed by atoms with Crippen molar-refractivity contribution in [3.8, 4) is 17.3 Å². The Balaban J connectivity index is 1.57. The van der Waals surface area contributed by atoms with Crippen molar-refractivity contribution < 1.29 is 9.53 Å². The van der Waals surface area contributed by atoms with E-state index in [0.29, 0.717) is 57.6 Å². The number of carbonyl (C=O) groups is 1. The van der Waals surface area contributed by atoms with E-state index in [1.54, 1.807) is 35.0 Å². The van der Waals surface area contributed by atoms with Crippen LogP contribution >= 0.6 is 23.2 Å². The van der Waals surface area contributed by atoms with Crippen molar-refractivity contribution >= 4 is 29.1 Å². The normalized spacial score (nSPS) is 15.6. The highest BCUT2D eigenvalue weighted by Crippen LogP contribution is 2.40. The molecule has 6 nitrogen and oxygen atoms in total. The lowest BCUT2D eigenvalue weighted by Crippen LogP contribution is -2.39. The third kappa shape index (κ3) is 5.90. The summed E-state index contributed by atoms with van der Waals surface area (Å²) in [5.74, 6) is 1.29. The van der Waals surface area contributed by atoms with Gasteiger partial charge in [0, 0.05) is 24.2 Å². The molecular formula is C32H34Cl2N4O2. The number of hydrogen-bond acceptors (Lipinski definition) is 4. The molecule has 0 spiro atoms. The van der Waals surface area contributed by atoms with Crippen molar-refractivity contribution in [1.29, 1.82) is 0 Å². The van der Waals surface area contributed by atoms with Gasteiger partial charge in [0.25, 0.3) is 5.91 Å². The lowest BCUT2D eigenvalue weighted by atomic mass is 9.89. The van der Waals surface area contributed by atoms with Crippen LogP contribution in [0.5, 0.6) is 11.6 Å². The number of amides is 1. The Bertz CT molecular complexity index is 1450. The number of piperidine rings is 1. The van der Waals surface area contributed by atoms with Gasteiger partial charge in [-0.25, -0.2) is 0 Å². The Morgan fingerprint density at radius 2 is 1.65 bits per heavy atom. The quantitative estimate of drug-likeness (QED) is 0.230. The average molecular weight is 578 g/mol. The second-order valence-corrected chi connectivity index (χ2v) is 11.2. The maximum absolute atomic E-state index is 14.1. The minimum Gasteiger partial charge on any atom is -0.439 e. The molecule has 40 heavy (non-hydrogen) atoms. The first-order chi connectivity index (χ1) is 19.4. The molecule has 8 heteroatoms. The minimum atomic E-state index is -0.482. The number of para-hydroxylation sites is 1. The molecule has 2 N–H and O–H groups in total. The smallest absolute Gasteiger partial charge is 0.274 e. The van der Waals surface area contributed by atoms with Crippen LogP contribution in [-0.2, 0) is 0 Å². The van der Waals surface area contributed by atoms with Gasteiger partial charge in [-0.15, -0.1) is 0 Å². The van der Waals surface area contributed by atoms with E-state index >= 15 is 0 Å². The van der Waals surface area contributed by atoms with Gasteiger partial charge in [-0.3, -0.25) is 4.79 Å². The van der Waals surface area contributed by atoms with Crippen LogP contribution in [0.1, 0.15) is 66.7 Å². The first-order valence-corrected chi connectivity index (χ1v) is 14.5. The van der Waals surface area contributed by atoms with Crippen molar-refractivity contribution in [1.82, 2.24) is 14.7 Å². The fourth-order valence-electron chi connectivity index (χ4n) is 5.20. The SMILES string of the molecule is CCC(C)C(N)c1c(C(=O)N2CCC(c3ccccc3)CC2)nn(-c2ccccc2Cl)c1Oc1ccc(Cl)cc1. The maximum Gasteiger partial charge on any atom is 0.274 e. The standard InChI is InChI=1S/C32H34Cl2N4O2/c1-3-21(2)29(35)28-30(31(39)37-19-17-23(18-20-37)22-9-5-4-6-10-22)36-38(27-12-8-7-11-26(27)34)32(28)40-25-15-13-24(33)14-16-25/h4-16,21,23,29H,3,17-20,35H2,1-2H3. The van der Waals surface area contributed by atoms with E-state index in [4.69, 9.17) is 38.8 Å². The van der Waals surface area contributed by atoms with Crippen molar-refractivity contribution in [3.63, 3.8) is 0 Å². The topological polar surface area (TPSA) is 73.4 Å². The average Bonchev–Trinajstić information content (AvgIpc) is 3.36. The molecule has 3 aromatic carbocycles. The van der Waals surface area contributed by atoms with Crippen molar-refractivity contribution in [2.24, 2.45) is 11.7 Å². The third-order valence-corrected chi connectivity index (χ3v) is 8.40. The van der Waals surface area contributed by atoms with Crippen LogP contribution in [0.2, 0.25) is 10.0 Å². The first kappa shape index (κ1) is 28.2. The summed E-state index contributed by atoms with van der Waals surface area (Å²) in [6, 6.07) is 24.4. The molecule has 5 rings (SSSR count). The first-order valence-electron chi connectivity index (χ1n) is 13.8. The fraction of sp³-hybridized carbons (Fsp3) is 0.312. The number of likely N-dealkylation sites (tertiary alicyclic amines) is 1. The molecule has 2 atom stereocenters. The summed E-state index contributed by atoms with van der Waals surface area (Å²) >= 11 is 12.8. The largest absolute Gasteiger partial charge is 0.439 e. The Labute approximate surface area is 245 Å². The Morgan fingerprint density at radius 3 is 2.30 bits per heavy atom. The predicted molar refractivity (Wildman–Crippen MR) is 161 cm³/mol. The lowest BCUT2D eigenvalue weighted by molar-refractivity contribution is 0.0704. The van der Waals surface area contributed by atoms with Crippen LogP contribution in [0, 0.1) is 5.92 Å². The van der Waals surface area contributed by atoms with Gasteiger partial charge in [0.05, 0.1) is 16.3 Å². The predicted octanol–water partition coefficient (Wildman–Crippen LogP) is 8.04. The number of hydrogen-bond donors (Lipinski definition) is 1. The molecule has 208 valence electrons. The molecule has 1 aromatic heterocycles. The zero-order valence-electron chi connectivity index (χ0n) is 22.8. The molecular weight excluding hydrogens is 543 g/mol. The van der Waals surface area contributed by atoms with Gasteiger partial charge >= 0.3 is 0 Å². The molecule has 2 unspecified atom stereocenters. The van der Waals surface area contributed by atoms with Gasteiger partial charge in [0.1, 0.15) is 5.75 Å². The van der Waals surface area contributed by atoms with E-state index in [1.807, 2.05) is 29.2 Å². The zero-order valence-corrected chi connectivity index (χ0v) is 24.3. The second kappa shape index (κ2) is 12.5. The van der Waals surface area contributed by atoms with Gasteiger partial charge in [0.2, 0.25) is 5.88 Å². The molecule has 0 saturated carbocycles. The number of halogens is 2. The maximum atomic E-state index is 14.1. The third-order valence-electron chi connectivity index (χ3n) is 7.83. The summed E-state index contributed by atoms with van der Waals surface area (Å²) in [5.41, 5.74) is 9.67. The van der Waals surface area contributed by atoms with Crippen LogP contribution < -0.4 is 10.5 Å². The number of ether oxygens (including phenoxy) is 1. The van der Waals surface area contributed by atoms with E-state index in [1.165, 1.54) is 5.56 Å². The van der Waals surface area contributed by atoms with Gasteiger partial charge in [-0.2, -0.15) is 9.78 Å². The monoisotopic (exact) mass is 576 g/mol. The number of nitrogens with zero attached hydrogens (tertiary/aromatic N) is 3.